The average molecular weight is 334 g/mol. The van der Waals surface area contributed by atoms with Crippen LogP contribution in [0.5, 0.6) is 0 Å². The van der Waals surface area contributed by atoms with Crippen molar-refractivity contribution in [2.75, 3.05) is 14.1 Å². The van der Waals surface area contributed by atoms with E-state index in [1.165, 1.54) is 0 Å². The van der Waals surface area contributed by atoms with Crippen LogP contribution in [-0.2, 0) is 0 Å². The summed E-state index contributed by atoms with van der Waals surface area (Å²) in [5.41, 5.74) is 1.01. The van der Waals surface area contributed by atoms with Crippen LogP contribution in [-0.4, -0.2) is 25.3 Å². The SMILES string of the molecule is CN(C)/C=N/c1cc(I)cc(Cl)c1C#N. The minimum Gasteiger partial charge on any atom is -0.369 e. The van der Waals surface area contributed by atoms with Crippen molar-refractivity contribution < 1.29 is 0 Å². The number of hydrogen-bond donors (Lipinski definition) is 0. The highest BCUT2D eigenvalue weighted by Gasteiger charge is 2.07. The van der Waals surface area contributed by atoms with Crippen LogP contribution in [0.1, 0.15) is 5.56 Å². The zero-order valence-electron chi connectivity index (χ0n) is 8.33. The molecular weight excluding hydrogens is 324 g/mol. The topological polar surface area (TPSA) is 39.4 Å². The number of nitrogens with zero attached hydrogens (tertiary/aromatic N) is 3. The molecule has 0 fully saturated rings. The van der Waals surface area contributed by atoms with Gasteiger partial charge < -0.3 is 4.90 Å². The Morgan fingerprint density at radius 1 is 1.53 bits per heavy atom. The Bertz CT molecular complexity index is 435. The predicted molar refractivity (Wildman–Crippen MR) is 70.7 cm³/mol. The van der Waals surface area contributed by atoms with Crippen LogP contribution < -0.4 is 0 Å². The molecule has 0 radical (unpaired) electrons. The molecule has 0 bridgehead atoms. The first-order valence-electron chi connectivity index (χ1n) is 4.14. The molecule has 0 spiro atoms. The standard InChI is InChI=1S/C10H9ClIN3/c1-15(2)6-14-10-4-7(12)3-9(11)8(10)5-13/h3-4,6H,1-2H3/b14-6+. The molecule has 3 nitrogen and oxygen atoms in total. The highest BCUT2D eigenvalue weighted by molar-refractivity contribution is 14.1. The zero-order chi connectivity index (χ0) is 11.4. The van der Waals surface area contributed by atoms with Gasteiger partial charge in [0.25, 0.3) is 0 Å². The fourth-order valence-electron chi connectivity index (χ4n) is 0.950. The van der Waals surface area contributed by atoms with Crippen LogP contribution in [0.15, 0.2) is 17.1 Å². The van der Waals surface area contributed by atoms with Crippen LogP contribution in [0.2, 0.25) is 5.02 Å². The Morgan fingerprint density at radius 3 is 2.73 bits per heavy atom. The molecule has 78 valence electrons. The number of rotatable bonds is 2. The molecule has 0 heterocycles. The van der Waals surface area contributed by atoms with Gasteiger partial charge in [-0.05, 0) is 34.7 Å². The summed E-state index contributed by atoms with van der Waals surface area (Å²) in [6.07, 6.45) is 1.64. The van der Waals surface area contributed by atoms with Gasteiger partial charge >= 0.3 is 0 Å². The lowest BCUT2D eigenvalue weighted by Crippen LogP contribution is -2.07. The Labute approximate surface area is 108 Å². The number of hydrogen-bond acceptors (Lipinski definition) is 2. The van der Waals surface area contributed by atoms with E-state index in [2.05, 4.69) is 27.6 Å². The summed E-state index contributed by atoms with van der Waals surface area (Å²) in [5, 5.41) is 9.37. The normalized spacial score (nSPS) is 10.3. The Hall–Kier alpha value is -0.800. The number of halogens is 2. The van der Waals surface area contributed by atoms with Gasteiger partial charge in [0.1, 0.15) is 6.07 Å². The van der Waals surface area contributed by atoms with Gasteiger partial charge in [0.05, 0.1) is 22.6 Å². The van der Waals surface area contributed by atoms with Gasteiger partial charge in [0.15, 0.2) is 0 Å². The van der Waals surface area contributed by atoms with E-state index in [1.807, 2.05) is 26.2 Å². The summed E-state index contributed by atoms with van der Waals surface area (Å²) in [6.45, 7) is 0. The summed E-state index contributed by atoms with van der Waals surface area (Å²) in [6, 6.07) is 5.62. The van der Waals surface area contributed by atoms with Gasteiger partial charge in [-0.3, -0.25) is 0 Å². The lowest BCUT2D eigenvalue weighted by Gasteiger charge is -2.05. The van der Waals surface area contributed by atoms with Crippen molar-refractivity contribution in [1.82, 2.24) is 4.90 Å². The van der Waals surface area contributed by atoms with Gasteiger partial charge in [-0.15, -0.1) is 0 Å². The third-order valence-corrected chi connectivity index (χ3v) is 2.49. The maximum atomic E-state index is 8.93. The van der Waals surface area contributed by atoms with Crippen molar-refractivity contribution in [3.63, 3.8) is 0 Å². The number of nitriles is 1. The van der Waals surface area contributed by atoms with E-state index in [4.69, 9.17) is 16.9 Å². The molecule has 0 saturated carbocycles. The molecule has 15 heavy (non-hydrogen) atoms. The van der Waals surface area contributed by atoms with Crippen molar-refractivity contribution in [2.45, 2.75) is 0 Å². The van der Waals surface area contributed by atoms with E-state index >= 15 is 0 Å². The van der Waals surface area contributed by atoms with Crippen molar-refractivity contribution in [3.8, 4) is 6.07 Å². The van der Waals surface area contributed by atoms with Gasteiger partial charge in [0.2, 0.25) is 0 Å². The molecule has 5 heteroatoms. The molecular formula is C10H9ClIN3. The minimum absolute atomic E-state index is 0.412. The minimum atomic E-state index is 0.412. The first-order chi connectivity index (χ1) is 7.04. The Balaban J connectivity index is 3.22. The highest BCUT2D eigenvalue weighted by atomic mass is 127. The summed E-state index contributed by atoms with van der Waals surface area (Å²) >= 11 is 8.08. The van der Waals surface area contributed by atoms with Crippen molar-refractivity contribution in [1.29, 1.82) is 5.26 Å². The molecule has 0 saturated heterocycles. The first-order valence-corrected chi connectivity index (χ1v) is 5.60. The second-order valence-electron chi connectivity index (χ2n) is 3.10. The van der Waals surface area contributed by atoms with E-state index in [-0.39, 0.29) is 0 Å². The van der Waals surface area contributed by atoms with Crippen LogP contribution in [0.4, 0.5) is 5.69 Å². The van der Waals surface area contributed by atoms with E-state index in [0.717, 1.165) is 3.57 Å². The second kappa shape index (κ2) is 5.33. The summed E-state index contributed by atoms with van der Waals surface area (Å²) in [5.74, 6) is 0. The lowest BCUT2D eigenvalue weighted by molar-refractivity contribution is 0.643. The second-order valence-corrected chi connectivity index (χ2v) is 4.75. The monoisotopic (exact) mass is 333 g/mol. The third-order valence-electron chi connectivity index (χ3n) is 1.57. The van der Waals surface area contributed by atoms with Gasteiger partial charge in [0, 0.05) is 17.7 Å². The summed E-state index contributed by atoms with van der Waals surface area (Å²) in [7, 11) is 3.73. The maximum absolute atomic E-state index is 8.93. The molecule has 1 rings (SSSR count). The van der Waals surface area contributed by atoms with Gasteiger partial charge in [-0.1, -0.05) is 11.6 Å². The van der Waals surface area contributed by atoms with E-state index in [9.17, 15) is 0 Å². The molecule has 0 aliphatic carbocycles. The number of aliphatic imine (C=N–C) groups is 1. The molecule has 0 aliphatic heterocycles. The molecule has 1 aromatic rings. The highest BCUT2D eigenvalue weighted by Crippen LogP contribution is 2.28. The van der Waals surface area contributed by atoms with E-state index in [0.29, 0.717) is 16.3 Å². The van der Waals surface area contributed by atoms with Crippen molar-refractivity contribution >= 4 is 46.2 Å². The molecule has 1 aromatic carbocycles. The van der Waals surface area contributed by atoms with E-state index < -0.39 is 0 Å². The zero-order valence-corrected chi connectivity index (χ0v) is 11.2. The van der Waals surface area contributed by atoms with Crippen molar-refractivity contribution in [3.05, 3.63) is 26.3 Å². The largest absolute Gasteiger partial charge is 0.369 e. The molecule has 0 unspecified atom stereocenters. The Kier molecular flexibility index (Phi) is 4.36. The Morgan fingerprint density at radius 2 is 2.20 bits per heavy atom. The lowest BCUT2D eigenvalue weighted by atomic mass is 10.2. The molecule has 0 atom stereocenters. The molecule has 0 aromatic heterocycles. The fraction of sp³-hybridized carbons (Fsp3) is 0.200. The summed E-state index contributed by atoms with van der Waals surface area (Å²) < 4.78 is 0.961. The molecule has 0 aliphatic rings. The van der Waals surface area contributed by atoms with Crippen LogP contribution >= 0.6 is 34.2 Å². The van der Waals surface area contributed by atoms with E-state index in [1.54, 1.807) is 17.3 Å². The van der Waals surface area contributed by atoms with Gasteiger partial charge in [-0.2, -0.15) is 5.26 Å². The number of benzene rings is 1. The van der Waals surface area contributed by atoms with Crippen LogP contribution in [0.3, 0.4) is 0 Å². The first kappa shape index (κ1) is 12.3. The maximum Gasteiger partial charge on any atom is 0.103 e. The molecule has 0 amide bonds. The predicted octanol–water partition coefficient (Wildman–Crippen LogP) is 3.04. The van der Waals surface area contributed by atoms with Crippen LogP contribution in [0.25, 0.3) is 0 Å². The fourth-order valence-corrected chi connectivity index (χ4v) is 2.00. The molecule has 0 N–H and O–H groups in total. The average Bonchev–Trinajstić information content (AvgIpc) is 2.13. The smallest absolute Gasteiger partial charge is 0.103 e. The summed E-state index contributed by atoms with van der Waals surface area (Å²) in [4.78, 5) is 5.99. The third kappa shape index (κ3) is 3.36. The van der Waals surface area contributed by atoms with Crippen molar-refractivity contribution in [2.24, 2.45) is 4.99 Å². The van der Waals surface area contributed by atoms with Crippen LogP contribution in [0, 0.1) is 14.9 Å². The van der Waals surface area contributed by atoms with Gasteiger partial charge in [-0.25, -0.2) is 4.99 Å². The quantitative estimate of drug-likeness (QED) is 0.474.